The summed E-state index contributed by atoms with van der Waals surface area (Å²) in [6, 6.07) is 5.05. The highest BCUT2D eigenvalue weighted by atomic mass is 35.5. The Balaban J connectivity index is 1.64. The van der Waals surface area contributed by atoms with Gasteiger partial charge in [0.15, 0.2) is 0 Å². The standard InChI is InChI=1S/C17H17Cl2N5O2/c1-11(25)23-2-4-24(5-3-23)17(26)15-9-21-16(10-20-15)22-14-7-12(18)6-13(19)8-14/h6-10H,2-5H2,1H3,(H,21,22). The molecule has 1 N–H and O–H groups in total. The molecule has 1 aromatic heterocycles. The average Bonchev–Trinajstić information content (AvgIpc) is 2.61. The van der Waals surface area contributed by atoms with Crippen molar-refractivity contribution in [1.82, 2.24) is 19.8 Å². The highest BCUT2D eigenvalue weighted by Gasteiger charge is 2.24. The maximum atomic E-state index is 12.5. The van der Waals surface area contributed by atoms with Crippen LogP contribution in [-0.4, -0.2) is 57.8 Å². The maximum absolute atomic E-state index is 12.5. The first-order valence-corrected chi connectivity index (χ1v) is 8.78. The topological polar surface area (TPSA) is 78.4 Å². The molecule has 3 rings (SSSR count). The Labute approximate surface area is 160 Å². The summed E-state index contributed by atoms with van der Waals surface area (Å²) in [4.78, 5) is 35.7. The van der Waals surface area contributed by atoms with Crippen molar-refractivity contribution in [3.05, 3.63) is 46.3 Å². The Hall–Kier alpha value is -2.38. The van der Waals surface area contributed by atoms with E-state index in [-0.39, 0.29) is 17.5 Å². The number of halogens is 2. The zero-order valence-electron chi connectivity index (χ0n) is 14.1. The molecule has 26 heavy (non-hydrogen) atoms. The van der Waals surface area contributed by atoms with Crippen molar-refractivity contribution in [2.45, 2.75) is 6.92 Å². The molecule has 9 heteroatoms. The third-order valence-electron chi connectivity index (χ3n) is 4.02. The molecule has 0 spiro atoms. The number of hydrogen-bond donors (Lipinski definition) is 1. The predicted molar refractivity (Wildman–Crippen MR) is 99.9 cm³/mol. The van der Waals surface area contributed by atoms with E-state index >= 15 is 0 Å². The van der Waals surface area contributed by atoms with Crippen molar-refractivity contribution in [2.75, 3.05) is 31.5 Å². The number of nitrogens with zero attached hydrogens (tertiary/aromatic N) is 4. The highest BCUT2D eigenvalue weighted by Crippen LogP contribution is 2.24. The molecule has 136 valence electrons. The van der Waals surface area contributed by atoms with E-state index in [1.54, 1.807) is 28.0 Å². The van der Waals surface area contributed by atoms with Gasteiger partial charge in [-0.15, -0.1) is 0 Å². The number of aromatic nitrogens is 2. The van der Waals surface area contributed by atoms with Crippen molar-refractivity contribution in [1.29, 1.82) is 0 Å². The average molecular weight is 394 g/mol. The van der Waals surface area contributed by atoms with Crippen LogP contribution in [0.15, 0.2) is 30.6 Å². The van der Waals surface area contributed by atoms with Gasteiger partial charge in [-0.05, 0) is 18.2 Å². The fourth-order valence-electron chi connectivity index (χ4n) is 2.66. The van der Waals surface area contributed by atoms with Gasteiger partial charge in [0.2, 0.25) is 5.91 Å². The Morgan fingerprint density at radius 2 is 1.58 bits per heavy atom. The Kier molecular flexibility index (Phi) is 5.58. The van der Waals surface area contributed by atoms with Gasteiger partial charge in [0.25, 0.3) is 5.91 Å². The van der Waals surface area contributed by atoms with E-state index in [1.807, 2.05) is 0 Å². The molecule has 0 saturated carbocycles. The Bertz CT molecular complexity index is 800. The number of nitrogens with one attached hydrogen (secondary N) is 1. The smallest absolute Gasteiger partial charge is 0.274 e. The molecule has 2 amide bonds. The van der Waals surface area contributed by atoms with Crippen LogP contribution in [0.25, 0.3) is 0 Å². The number of carbonyl (C=O) groups excluding carboxylic acids is 2. The predicted octanol–water partition coefficient (Wildman–Crippen LogP) is 2.83. The van der Waals surface area contributed by atoms with Gasteiger partial charge in [-0.3, -0.25) is 9.59 Å². The molecule has 0 radical (unpaired) electrons. The SMILES string of the molecule is CC(=O)N1CCN(C(=O)c2cnc(Nc3cc(Cl)cc(Cl)c3)cn2)CC1. The first kappa shape index (κ1) is 18.4. The molecule has 7 nitrogen and oxygen atoms in total. The van der Waals surface area contributed by atoms with Crippen molar-refractivity contribution in [2.24, 2.45) is 0 Å². The van der Waals surface area contributed by atoms with Crippen LogP contribution in [0.5, 0.6) is 0 Å². The third kappa shape index (κ3) is 4.42. The maximum Gasteiger partial charge on any atom is 0.274 e. The Morgan fingerprint density at radius 1 is 0.962 bits per heavy atom. The second kappa shape index (κ2) is 7.88. The number of carbonyl (C=O) groups is 2. The van der Waals surface area contributed by atoms with Gasteiger partial charge in [-0.2, -0.15) is 0 Å². The number of anilines is 2. The van der Waals surface area contributed by atoms with Crippen LogP contribution >= 0.6 is 23.2 Å². The van der Waals surface area contributed by atoms with E-state index in [1.165, 1.54) is 19.3 Å². The molecule has 0 bridgehead atoms. The molecule has 1 aromatic carbocycles. The monoisotopic (exact) mass is 393 g/mol. The van der Waals surface area contributed by atoms with Crippen LogP contribution in [0.4, 0.5) is 11.5 Å². The van der Waals surface area contributed by atoms with E-state index in [0.29, 0.717) is 47.7 Å². The van der Waals surface area contributed by atoms with Gasteiger partial charge in [0.1, 0.15) is 11.5 Å². The lowest BCUT2D eigenvalue weighted by atomic mass is 10.2. The van der Waals surface area contributed by atoms with Crippen molar-refractivity contribution in [3.63, 3.8) is 0 Å². The second-order valence-electron chi connectivity index (χ2n) is 5.87. The first-order valence-electron chi connectivity index (χ1n) is 8.02. The van der Waals surface area contributed by atoms with Gasteiger partial charge >= 0.3 is 0 Å². The zero-order valence-corrected chi connectivity index (χ0v) is 15.6. The number of hydrogen-bond acceptors (Lipinski definition) is 5. The van der Waals surface area contributed by atoms with Gasteiger partial charge < -0.3 is 15.1 Å². The van der Waals surface area contributed by atoms with E-state index in [0.717, 1.165) is 0 Å². The molecular weight excluding hydrogens is 377 g/mol. The molecule has 0 atom stereocenters. The lowest BCUT2D eigenvalue weighted by Gasteiger charge is -2.33. The van der Waals surface area contributed by atoms with Crippen LogP contribution in [0, 0.1) is 0 Å². The summed E-state index contributed by atoms with van der Waals surface area (Å²) >= 11 is 11.9. The second-order valence-corrected chi connectivity index (χ2v) is 6.74. The van der Waals surface area contributed by atoms with Gasteiger partial charge in [-0.1, -0.05) is 23.2 Å². The molecule has 2 aromatic rings. The summed E-state index contributed by atoms with van der Waals surface area (Å²) in [6.07, 6.45) is 2.90. The summed E-state index contributed by atoms with van der Waals surface area (Å²) in [7, 11) is 0. The van der Waals surface area contributed by atoms with E-state index < -0.39 is 0 Å². The van der Waals surface area contributed by atoms with E-state index in [4.69, 9.17) is 23.2 Å². The highest BCUT2D eigenvalue weighted by molar-refractivity contribution is 6.35. The van der Waals surface area contributed by atoms with Crippen LogP contribution in [0.3, 0.4) is 0 Å². The summed E-state index contributed by atoms with van der Waals surface area (Å²) in [5.74, 6) is 0.299. The largest absolute Gasteiger partial charge is 0.339 e. The fraction of sp³-hybridized carbons (Fsp3) is 0.294. The minimum Gasteiger partial charge on any atom is -0.339 e. The molecule has 0 aliphatic carbocycles. The minimum atomic E-state index is -0.196. The fourth-order valence-corrected chi connectivity index (χ4v) is 3.19. The van der Waals surface area contributed by atoms with Crippen molar-refractivity contribution >= 4 is 46.5 Å². The third-order valence-corrected chi connectivity index (χ3v) is 4.45. The lowest BCUT2D eigenvalue weighted by molar-refractivity contribution is -0.130. The van der Waals surface area contributed by atoms with Crippen LogP contribution in [-0.2, 0) is 4.79 Å². The quantitative estimate of drug-likeness (QED) is 0.866. The zero-order chi connectivity index (χ0) is 18.7. The summed E-state index contributed by atoms with van der Waals surface area (Å²) in [5.41, 5.74) is 0.937. The number of rotatable bonds is 3. The molecule has 2 heterocycles. The minimum absolute atomic E-state index is 0.0217. The van der Waals surface area contributed by atoms with Crippen LogP contribution < -0.4 is 5.32 Å². The van der Waals surface area contributed by atoms with E-state index in [2.05, 4.69) is 15.3 Å². The lowest BCUT2D eigenvalue weighted by Crippen LogP contribution is -2.50. The van der Waals surface area contributed by atoms with Gasteiger partial charge in [0, 0.05) is 48.8 Å². The summed E-state index contributed by atoms with van der Waals surface area (Å²) < 4.78 is 0. The number of piperazine rings is 1. The number of amides is 2. The molecule has 1 saturated heterocycles. The van der Waals surface area contributed by atoms with E-state index in [9.17, 15) is 9.59 Å². The molecule has 0 unspecified atom stereocenters. The molecule has 1 aliphatic rings. The van der Waals surface area contributed by atoms with Crippen molar-refractivity contribution in [3.8, 4) is 0 Å². The number of benzene rings is 1. The first-order chi connectivity index (χ1) is 12.4. The van der Waals surface area contributed by atoms with Crippen molar-refractivity contribution < 1.29 is 9.59 Å². The van der Waals surface area contributed by atoms with Crippen LogP contribution in [0.2, 0.25) is 10.0 Å². The summed E-state index contributed by atoms with van der Waals surface area (Å²) in [5, 5.41) is 4.05. The summed E-state index contributed by atoms with van der Waals surface area (Å²) in [6.45, 7) is 3.57. The normalized spacial score (nSPS) is 14.3. The molecular formula is C17H17Cl2N5O2. The molecule has 1 aliphatic heterocycles. The van der Waals surface area contributed by atoms with Gasteiger partial charge in [0.05, 0.1) is 12.4 Å². The Morgan fingerprint density at radius 3 is 2.12 bits per heavy atom. The van der Waals surface area contributed by atoms with Gasteiger partial charge in [-0.25, -0.2) is 9.97 Å². The molecule has 1 fully saturated rings. The van der Waals surface area contributed by atoms with Crippen LogP contribution in [0.1, 0.15) is 17.4 Å².